The highest BCUT2D eigenvalue weighted by Gasteiger charge is 2.62. The van der Waals surface area contributed by atoms with E-state index in [9.17, 15) is 0 Å². The van der Waals surface area contributed by atoms with Gasteiger partial charge in [-0.25, -0.2) is 0 Å². The van der Waals surface area contributed by atoms with Gasteiger partial charge < -0.3 is 9.26 Å². The maximum atomic E-state index is 9.00. The second-order valence-corrected chi connectivity index (χ2v) is 5.21. The molecule has 2 rings (SSSR count). The molecule has 0 amide bonds. The molecule has 0 N–H and O–H groups in total. The van der Waals surface area contributed by atoms with Gasteiger partial charge in [0.25, 0.3) is 0 Å². The molecule has 3 atom stereocenters. The molecule has 92 valence electrons. The van der Waals surface area contributed by atoms with Crippen LogP contribution in [0, 0.1) is 22.7 Å². The fourth-order valence-corrected chi connectivity index (χ4v) is 2.16. The average molecular weight is 235 g/mol. The molecule has 1 fully saturated rings. The third kappa shape index (κ3) is 2.05. The zero-order valence-electron chi connectivity index (χ0n) is 10.6. The lowest BCUT2D eigenvalue weighted by atomic mass is 10.1. The van der Waals surface area contributed by atoms with Gasteiger partial charge in [0.2, 0.25) is 5.89 Å². The van der Waals surface area contributed by atoms with E-state index in [1.54, 1.807) is 7.11 Å². The molecule has 5 nitrogen and oxygen atoms in total. The number of aromatic nitrogens is 2. The van der Waals surface area contributed by atoms with Crippen LogP contribution in [0.1, 0.15) is 38.4 Å². The Morgan fingerprint density at radius 2 is 2.29 bits per heavy atom. The summed E-state index contributed by atoms with van der Waals surface area (Å²) in [5.41, 5.74) is -0.0502. The van der Waals surface area contributed by atoms with Crippen molar-refractivity contribution in [3.63, 3.8) is 0 Å². The van der Waals surface area contributed by atoms with Crippen LogP contribution in [0.2, 0.25) is 0 Å². The molecular formula is C12H17N3O2. The lowest BCUT2D eigenvalue weighted by Crippen LogP contribution is -2.09. The van der Waals surface area contributed by atoms with Gasteiger partial charge in [-0.3, -0.25) is 0 Å². The predicted octanol–water partition coefficient (Wildman–Crippen LogP) is 1.91. The second-order valence-electron chi connectivity index (χ2n) is 5.21. The molecule has 1 aliphatic rings. The van der Waals surface area contributed by atoms with Crippen LogP contribution in [0.3, 0.4) is 0 Å². The minimum absolute atomic E-state index is 0.0179. The summed E-state index contributed by atoms with van der Waals surface area (Å²) < 4.78 is 10.4. The molecule has 17 heavy (non-hydrogen) atoms. The monoisotopic (exact) mass is 235 g/mol. The molecule has 0 aromatic carbocycles. The Labute approximate surface area is 101 Å². The zero-order chi connectivity index (χ0) is 12.6. The van der Waals surface area contributed by atoms with E-state index >= 15 is 0 Å². The molecule has 0 bridgehead atoms. The standard InChI is InChI=1S/C12H17N3O2/c1-7(16-4)5-9-14-11(17-15-9)10-8(6-13)12(10,2)3/h7-8,10H,5H2,1-4H3. The molecule has 0 saturated heterocycles. The topological polar surface area (TPSA) is 71.9 Å². The van der Waals surface area contributed by atoms with Crippen LogP contribution in [0.4, 0.5) is 0 Å². The third-order valence-corrected chi connectivity index (χ3v) is 3.59. The Morgan fingerprint density at radius 1 is 1.59 bits per heavy atom. The number of nitrogens with zero attached hydrogens (tertiary/aromatic N) is 3. The van der Waals surface area contributed by atoms with Crippen molar-refractivity contribution in [2.75, 3.05) is 7.11 Å². The van der Waals surface area contributed by atoms with Gasteiger partial charge in [0, 0.05) is 13.5 Å². The Bertz CT molecular complexity index is 447. The summed E-state index contributed by atoms with van der Waals surface area (Å²) in [6.45, 7) is 6.05. The van der Waals surface area contributed by atoms with Gasteiger partial charge in [0.05, 0.1) is 24.0 Å². The molecule has 1 heterocycles. The maximum absolute atomic E-state index is 9.00. The van der Waals surface area contributed by atoms with Gasteiger partial charge >= 0.3 is 0 Å². The SMILES string of the molecule is COC(C)Cc1noc(C2C(C#N)C2(C)C)n1. The third-order valence-electron chi connectivity index (χ3n) is 3.59. The largest absolute Gasteiger partial charge is 0.381 e. The van der Waals surface area contributed by atoms with Crippen LogP contribution in [-0.4, -0.2) is 23.4 Å². The summed E-state index contributed by atoms with van der Waals surface area (Å²) in [7, 11) is 1.65. The van der Waals surface area contributed by atoms with Crippen molar-refractivity contribution in [2.24, 2.45) is 11.3 Å². The van der Waals surface area contributed by atoms with Crippen LogP contribution < -0.4 is 0 Å². The molecule has 3 unspecified atom stereocenters. The van der Waals surface area contributed by atoms with Crippen molar-refractivity contribution in [1.82, 2.24) is 10.1 Å². The van der Waals surface area contributed by atoms with E-state index in [2.05, 4.69) is 16.2 Å². The number of hydrogen-bond donors (Lipinski definition) is 0. The van der Waals surface area contributed by atoms with Crippen molar-refractivity contribution >= 4 is 0 Å². The van der Waals surface area contributed by atoms with Crippen LogP contribution in [-0.2, 0) is 11.2 Å². The fraction of sp³-hybridized carbons (Fsp3) is 0.750. The smallest absolute Gasteiger partial charge is 0.231 e. The summed E-state index contributed by atoms with van der Waals surface area (Å²) in [5, 5.41) is 12.9. The fourth-order valence-electron chi connectivity index (χ4n) is 2.16. The van der Waals surface area contributed by atoms with Gasteiger partial charge in [0.15, 0.2) is 5.82 Å². The van der Waals surface area contributed by atoms with Gasteiger partial charge in [-0.15, -0.1) is 0 Å². The maximum Gasteiger partial charge on any atom is 0.231 e. The zero-order valence-corrected chi connectivity index (χ0v) is 10.6. The average Bonchev–Trinajstić information content (AvgIpc) is 2.62. The molecule has 0 aliphatic heterocycles. The first-order valence-electron chi connectivity index (χ1n) is 5.75. The van der Waals surface area contributed by atoms with Crippen molar-refractivity contribution in [3.05, 3.63) is 11.7 Å². The normalized spacial score (nSPS) is 27.5. The molecule has 1 aliphatic carbocycles. The Morgan fingerprint density at radius 3 is 2.82 bits per heavy atom. The summed E-state index contributed by atoms with van der Waals surface area (Å²) in [6.07, 6.45) is 0.698. The first-order valence-corrected chi connectivity index (χ1v) is 5.75. The van der Waals surface area contributed by atoms with E-state index in [0.29, 0.717) is 18.1 Å². The van der Waals surface area contributed by atoms with E-state index < -0.39 is 0 Å². The van der Waals surface area contributed by atoms with E-state index in [1.807, 2.05) is 20.8 Å². The summed E-state index contributed by atoms with van der Waals surface area (Å²) in [5.74, 6) is 1.29. The first kappa shape index (κ1) is 12.1. The van der Waals surface area contributed by atoms with E-state index in [4.69, 9.17) is 14.5 Å². The molecular weight excluding hydrogens is 218 g/mol. The molecule has 0 radical (unpaired) electrons. The number of ether oxygens (including phenoxy) is 1. The Hall–Kier alpha value is -1.41. The van der Waals surface area contributed by atoms with Crippen LogP contribution in [0.15, 0.2) is 4.52 Å². The minimum atomic E-state index is -0.0502. The summed E-state index contributed by atoms with van der Waals surface area (Å²) >= 11 is 0. The highest BCUT2D eigenvalue weighted by atomic mass is 16.5. The van der Waals surface area contributed by atoms with Gasteiger partial charge in [-0.05, 0) is 12.3 Å². The van der Waals surface area contributed by atoms with E-state index in [0.717, 1.165) is 0 Å². The number of hydrogen-bond acceptors (Lipinski definition) is 5. The van der Waals surface area contributed by atoms with Gasteiger partial charge in [-0.1, -0.05) is 19.0 Å². The minimum Gasteiger partial charge on any atom is -0.381 e. The van der Waals surface area contributed by atoms with Crippen molar-refractivity contribution in [1.29, 1.82) is 5.26 Å². The van der Waals surface area contributed by atoms with Crippen molar-refractivity contribution in [2.45, 2.75) is 39.2 Å². The predicted molar refractivity (Wildman–Crippen MR) is 60.1 cm³/mol. The molecule has 1 aromatic rings. The quantitative estimate of drug-likeness (QED) is 0.797. The van der Waals surface area contributed by atoms with E-state index in [1.165, 1.54) is 0 Å². The number of nitriles is 1. The lowest BCUT2D eigenvalue weighted by molar-refractivity contribution is 0.116. The van der Waals surface area contributed by atoms with Gasteiger partial charge in [0.1, 0.15) is 0 Å². The Balaban J connectivity index is 2.08. The van der Waals surface area contributed by atoms with Crippen LogP contribution in [0.5, 0.6) is 0 Å². The van der Waals surface area contributed by atoms with Crippen molar-refractivity contribution < 1.29 is 9.26 Å². The number of methoxy groups -OCH3 is 1. The van der Waals surface area contributed by atoms with Crippen LogP contribution in [0.25, 0.3) is 0 Å². The molecule has 1 aromatic heterocycles. The highest BCUT2D eigenvalue weighted by molar-refractivity contribution is 5.26. The Kier molecular flexibility index (Phi) is 2.92. The molecule has 5 heteroatoms. The van der Waals surface area contributed by atoms with Crippen molar-refractivity contribution in [3.8, 4) is 6.07 Å². The van der Waals surface area contributed by atoms with Crippen LogP contribution >= 0.6 is 0 Å². The highest BCUT2D eigenvalue weighted by Crippen LogP contribution is 2.63. The summed E-state index contributed by atoms with van der Waals surface area (Å²) in [4.78, 5) is 4.35. The van der Waals surface area contributed by atoms with Gasteiger partial charge in [-0.2, -0.15) is 10.2 Å². The molecule has 1 saturated carbocycles. The second kappa shape index (κ2) is 4.11. The lowest BCUT2D eigenvalue weighted by Gasteiger charge is -2.03. The molecule has 0 spiro atoms. The summed E-state index contributed by atoms with van der Waals surface area (Å²) in [6, 6.07) is 2.29. The number of rotatable bonds is 4. The van der Waals surface area contributed by atoms with E-state index in [-0.39, 0.29) is 23.4 Å². The first-order chi connectivity index (χ1) is 8.00.